The fourth-order valence-electron chi connectivity index (χ4n) is 2.88. The number of nitrogens with zero attached hydrogens (tertiary/aromatic N) is 2. The molecule has 0 spiro atoms. The normalized spacial score (nSPS) is 20.8. The second kappa shape index (κ2) is 5.02. The number of H-pyrrole nitrogens is 1. The number of aromatic nitrogens is 2. The molecule has 1 aromatic heterocycles. The van der Waals surface area contributed by atoms with Crippen molar-refractivity contribution in [2.24, 2.45) is 0 Å². The van der Waals surface area contributed by atoms with Crippen molar-refractivity contribution in [2.75, 3.05) is 13.1 Å². The van der Waals surface area contributed by atoms with Gasteiger partial charge in [-0.15, -0.1) is 0 Å². The molecule has 3 nitrogen and oxygen atoms in total. The van der Waals surface area contributed by atoms with Crippen LogP contribution in [0.5, 0.6) is 0 Å². The number of fused-ring (bicyclic) bond motifs is 1. The fraction of sp³-hybridized carbons (Fsp3) is 0.533. The van der Waals surface area contributed by atoms with E-state index in [0.29, 0.717) is 17.1 Å². The SMILES string of the molecule is CC(C)N1CCC(c2nc3ccc(C(F)(F)F)cc3[nH]2)C1. The van der Waals surface area contributed by atoms with Crippen molar-refractivity contribution in [1.82, 2.24) is 14.9 Å². The molecule has 0 bridgehead atoms. The van der Waals surface area contributed by atoms with Gasteiger partial charge < -0.3 is 9.88 Å². The molecule has 2 heterocycles. The van der Waals surface area contributed by atoms with E-state index in [0.717, 1.165) is 37.5 Å². The molecular formula is C15H18F3N3. The zero-order valence-corrected chi connectivity index (χ0v) is 12.0. The van der Waals surface area contributed by atoms with Crippen LogP contribution in [-0.2, 0) is 6.18 Å². The molecule has 0 aliphatic carbocycles. The first-order valence-electron chi connectivity index (χ1n) is 7.15. The van der Waals surface area contributed by atoms with Crippen molar-refractivity contribution in [3.05, 3.63) is 29.6 Å². The lowest BCUT2D eigenvalue weighted by atomic mass is 10.1. The molecule has 0 amide bonds. The number of benzene rings is 1. The molecule has 2 aromatic rings. The van der Waals surface area contributed by atoms with Crippen LogP contribution < -0.4 is 0 Å². The minimum absolute atomic E-state index is 0.272. The van der Waals surface area contributed by atoms with Crippen molar-refractivity contribution in [1.29, 1.82) is 0 Å². The second-order valence-corrected chi connectivity index (χ2v) is 5.93. The first-order valence-corrected chi connectivity index (χ1v) is 7.15. The Labute approximate surface area is 121 Å². The van der Waals surface area contributed by atoms with Crippen LogP contribution in [0.4, 0.5) is 13.2 Å². The molecule has 0 radical (unpaired) electrons. The Morgan fingerprint density at radius 1 is 1.33 bits per heavy atom. The van der Waals surface area contributed by atoms with Gasteiger partial charge in [-0.25, -0.2) is 4.98 Å². The van der Waals surface area contributed by atoms with Gasteiger partial charge >= 0.3 is 6.18 Å². The molecule has 1 fully saturated rings. The van der Waals surface area contributed by atoms with Gasteiger partial charge in [0, 0.05) is 18.5 Å². The monoisotopic (exact) mass is 297 g/mol. The van der Waals surface area contributed by atoms with Gasteiger partial charge in [0.25, 0.3) is 0 Å². The molecule has 1 aliphatic rings. The Morgan fingerprint density at radius 3 is 2.71 bits per heavy atom. The lowest BCUT2D eigenvalue weighted by molar-refractivity contribution is -0.137. The molecule has 1 N–H and O–H groups in total. The molecular weight excluding hydrogens is 279 g/mol. The highest BCUT2D eigenvalue weighted by atomic mass is 19.4. The van der Waals surface area contributed by atoms with Crippen LogP contribution in [0, 0.1) is 0 Å². The number of imidazole rings is 1. The van der Waals surface area contributed by atoms with Gasteiger partial charge in [-0.05, 0) is 45.0 Å². The molecule has 1 unspecified atom stereocenters. The first-order chi connectivity index (χ1) is 9.84. The molecule has 3 rings (SSSR count). The number of aromatic amines is 1. The predicted molar refractivity (Wildman–Crippen MR) is 75.2 cm³/mol. The summed E-state index contributed by atoms with van der Waals surface area (Å²) in [7, 11) is 0. The first kappa shape index (κ1) is 14.4. The number of alkyl halides is 3. The van der Waals surface area contributed by atoms with Crippen LogP contribution >= 0.6 is 0 Å². The van der Waals surface area contributed by atoms with E-state index in [1.54, 1.807) is 0 Å². The highest BCUT2D eigenvalue weighted by Crippen LogP contribution is 2.32. The summed E-state index contributed by atoms with van der Waals surface area (Å²) in [6.07, 6.45) is -3.33. The van der Waals surface area contributed by atoms with E-state index in [-0.39, 0.29) is 5.92 Å². The fourth-order valence-corrected chi connectivity index (χ4v) is 2.88. The van der Waals surface area contributed by atoms with Gasteiger partial charge in [-0.1, -0.05) is 0 Å². The zero-order chi connectivity index (χ0) is 15.2. The van der Waals surface area contributed by atoms with Gasteiger partial charge in [-0.2, -0.15) is 13.2 Å². The van der Waals surface area contributed by atoms with Crippen molar-refractivity contribution < 1.29 is 13.2 Å². The van der Waals surface area contributed by atoms with E-state index in [1.165, 1.54) is 6.07 Å². The molecule has 114 valence electrons. The summed E-state index contributed by atoms with van der Waals surface area (Å²) in [4.78, 5) is 9.89. The molecule has 1 aliphatic heterocycles. The number of nitrogens with one attached hydrogen (secondary N) is 1. The van der Waals surface area contributed by atoms with Gasteiger partial charge in [0.2, 0.25) is 0 Å². The van der Waals surface area contributed by atoms with Crippen LogP contribution in [-0.4, -0.2) is 34.0 Å². The topological polar surface area (TPSA) is 31.9 Å². The summed E-state index contributed by atoms with van der Waals surface area (Å²) in [5.74, 6) is 1.07. The maximum atomic E-state index is 12.7. The standard InChI is InChI=1S/C15H18F3N3/c1-9(2)21-6-5-10(8-21)14-19-12-4-3-11(15(16,17)18)7-13(12)20-14/h3-4,7,9-10H,5-6,8H2,1-2H3,(H,19,20). The largest absolute Gasteiger partial charge is 0.416 e. The molecule has 1 saturated heterocycles. The molecule has 6 heteroatoms. The van der Waals surface area contributed by atoms with E-state index in [4.69, 9.17) is 0 Å². The number of halogens is 3. The lowest BCUT2D eigenvalue weighted by Crippen LogP contribution is -2.28. The molecule has 1 aromatic carbocycles. The van der Waals surface area contributed by atoms with Crippen molar-refractivity contribution in [3.63, 3.8) is 0 Å². The maximum Gasteiger partial charge on any atom is 0.416 e. The quantitative estimate of drug-likeness (QED) is 0.915. The smallest absolute Gasteiger partial charge is 0.342 e. The Hall–Kier alpha value is -1.56. The summed E-state index contributed by atoms with van der Waals surface area (Å²) < 4.78 is 38.2. The highest BCUT2D eigenvalue weighted by molar-refractivity contribution is 5.76. The third-order valence-electron chi connectivity index (χ3n) is 4.16. The Morgan fingerprint density at radius 2 is 2.10 bits per heavy atom. The van der Waals surface area contributed by atoms with E-state index in [1.807, 2.05) is 0 Å². The van der Waals surface area contributed by atoms with E-state index in [9.17, 15) is 13.2 Å². The average Bonchev–Trinajstić information content (AvgIpc) is 3.03. The maximum absolute atomic E-state index is 12.7. The lowest BCUT2D eigenvalue weighted by Gasteiger charge is -2.19. The number of hydrogen-bond donors (Lipinski definition) is 1. The van der Waals surface area contributed by atoms with Gasteiger partial charge in [-0.3, -0.25) is 0 Å². The second-order valence-electron chi connectivity index (χ2n) is 5.93. The van der Waals surface area contributed by atoms with Gasteiger partial charge in [0.15, 0.2) is 0 Å². The third-order valence-corrected chi connectivity index (χ3v) is 4.16. The van der Waals surface area contributed by atoms with Gasteiger partial charge in [0.1, 0.15) is 5.82 Å². The van der Waals surface area contributed by atoms with E-state index in [2.05, 4.69) is 28.7 Å². The average molecular weight is 297 g/mol. The minimum atomic E-state index is -4.32. The van der Waals surface area contributed by atoms with Crippen LogP contribution in [0.1, 0.15) is 37.6 Å². The molecule has 21 heavy (non-hydrogen) atoms. The van der Waals surface area contributed by atoms with Crippen LogP contribution in [0.15, 0.2) is 18.2 Å². The summed E-state index contributed by atoms with van der Waals surface area (Å²) in [6, 6.07) is 4.15. The Kier molecular flexibility index (Phi) is 3.43. The minimum Gasteiger partial charge on any atom is -0.342 e. The molecule has 1 atom stereocenters. The summed E-state index contributed by atoms with van der Waals surface area (Å²) >= 11 is 0. The summed E-state index contributed by atoms with van der Waals surface area (Å²) in [5, 5.41) is 0. The summed E-state index contributed by atoms with van der Waals surface area (Å²) in [5.41, 5.74) is 0.421. The van der Waals surface area contributed by atoms with Crippen LogP contribution in [0.3, 0.4) is 0 Å². The van der Waals surface area contributed by atoms with Gasteiger partial charge in [0.05, 0.1) is 16.6 Å². The van der Waals surface area contributed by atoms with E-state index >= 15 is 0 Å². The van der Waals surface area contributed by atoms with Crippen molar-refractivity contribution in [3.8, 4) is 0 Å². The zero-order valence-electron chi connectivity index (χ0n) is 12.0. The van der Waals surface area contributed by atoms with Crippen LogP contribution in [0.25, 0.3) is 11.0 Å². The number of likely N-dealkylation sites (tertiary alicyclic amines) is 1. The number of hydrogen-bond acceptors (Lipinski definition) is 2. The van der Waals surface area contributed by atoms with Crippen molar-refractivity contribution in [2.45, 2.75) is 38.4 Å². The Balaban J connectivity index is 1.88. The third kappa shape index (κ3) is 2.77. The number of rotatable bonds is 2. The van der Waals surface area contributed by atoms with Crippen LogP contribution in [0.2, 0.25) is 0 Å². The van der Waals surface area contributed by atoms with E-state index < -0.39 is 11.7 Å². The predicted octanol–water partition coefficient (Wildman–Crippen LogP) is 3.78. The summed E-state index contributed by atoms with van der Waals surface area (Å²) in [6.45, 7) is 6.21. The van der Waals surface area contributed by atoms with Crippen molar-refractivity contribution >= 4 is 11.0 Å². The molecule has 0 saturated carbocycles. The Bertz CT molecular complexity index is 645. The highest BCUT2D eigenvalue weighted by Gasteiger charge is 2.31.